The Morgan fingerprint density at radius 1 is 1.15 bits per heavy atom. The Morgan fingerprint density at radius 3 is 2.44 bits per heavy atom. The van der Waals surface area contributed by atoms with Crippen molar-refractivity contribution in [2.75, 3.05) is 6.54 Å². The molecule has 1 aliphatic heterocycles. The van der Waals surface area contributed by atoms with Gasteiger partial charge in [-0.25, -0.2) is 0 Å². The van der Waals surface area contributed by atoms with Crippen LogP contribution in [0.5, 0.6) is 0 Å². The number of fused-ring (bicyclic) bond motifs is 2. The van der Waals surface area contributed by atoms with E-state index in [0.717, 1.165) is 17.5 Å². The number of Topliss-reactive ketones (excluding diaryl/α,β-unsaturated/α-hetero) is 1. The quantitative estimate of drug-likeness (QED) is 0.718. The zero-order chi connectivity index (χ0) is 19.2. The number of hydrogen-bond acceptors (Lipinski definition) is 4. The zero-order valence-corrected chi connectivity index (χ0v) is 14.4. The van der Waals surface area contributed by atoms with Crippen LogP contribution in [0, 0.1) is 0 Å². The molecule has 1 aromatic heterocycles. The highest BCUT2D eigenvalue weighted by Gasteiger charge is 2.53. The van der Waals surface area contributed by atoms with Gasteiger partial charge in [0.1, 0.15) is 17.7 Å². The maximum absolute atomic E-state index is 13.1. The van der Waals surface area contributed by atoms with Crippen LogP contribution >= 0.6 is 0 Å². The molecule has 1 aliphatic carbocycles. The van der Waals surface area contributed by atoms with Gasteiger partial charge in [0.15, 0.2) is 11.5 Å². The van der Waals surface area contributed by atoms with Gasteiger partial charge in [-0.05, 0) is 30.9 Å². The van der Waals surface area contributed by atoms with Crippen molar-refractivity contribution in [3.05, 3.63) is 53.9 Å². The summed E-state index contributed by atoms with van der Waals surface area (Å²) in [5.74, 6) is -2.96. The van der Waals surface area contributed by atoms with Crippen molar-refractivity contribution in [2.24, 2.45) is 0 Å². The number of ketones is 1. The van der Waals surface area contributed by atoms with Crippen LogP contribution in [0.3, 0.4) is 0 Å². The first kappa shape index (κ1) is 17.1. The Labute approximate surface area is 154 Å². The summed E-state index contributed by atoms with van der Waals surface area (Å²) >= 11 is 0. The molecule has 1 spiro atoms. The van der Waals surface area contributed by atoms with Crippen LogP contribution in [0.1, 0.15) is 25.0 Å². The van der Waals surface area contributed by atoms with E-state index in [-0.39, 0.29) is 5.57 Å². The fourth-order valence-electron chi connectivity index (χ4n) is 3.88. The summed E-state index contributed by atoms with van der Waals surface area (Å²) in [4.78, 5) is 36.4. The number of carboxylic acid groups (broad SMARTS) is 1. The van der Waals surface area contributed by atoms with E-state index < -0.39 is 35.5 Å². The Bertz CT molecular complexity index is 983. The van der Waals surface area contributed by atoms with Crippen LogP contribution < -0.4 is 5.32 Å². The van der Waals surface area contributed by atoms with E-state index in [9.17, 15) is 19.5 Å². The lowest BCUT2D eigenvalue weighted by atomic mass is 9.69. The van der Waals surface area contributed by atoms with E-state index >= 15 is 0 Å². The molecule has 0 bridgehead atoms. The summed E-state index contributed by atoms with van der Waals surface area (Å²) < 4.78 is 1.77. The molecule has 2 aromatic rings. The summed E-state index contributed by atoms with van der Waals surface area (Å²) in [6.45, 7) is -0.623. The predicted octanol–water partition coefficient (Wildman–Crippen LogP) is 2.09. The van der Waals surface area contributed by atoms with Crippen molar-refractivity contribution in [2.45, 2.75) is 24.8 Å². The summed E-state index contributed by atoms with van der Waals surface area (Å²) in [6, 6.07) is 11.2. The summed E-state index contributed by atoms with van der Waals surface area (Å²) in [6.07, 6.45) is 3.77. The highest BCUT2D eigenvalue weighted by Crippen LogP contribution is 2.49. The molecular formula is C20H18N2O5. The standard InChI is InChI=1S/C20H18N2O5/c23-14(24)11-21-19(27)15-17(25)16-13(12-5-2-1-3-6-12)7-10-22(16)20(18(15)26)8-4-9-20/h1-3,5-7,10,25H,4,8-9,11H2,(H,21,27)(H,23,24). The van der Waals surface area contributed by atoms with E-state index in [1.165, 1.54) is 0 Å². The number of carbonyl (C=O) groups excluding carboxylic acids is 2. The first-order valence-corrected chi connectivity index (χ1v) is 8.71. The number of carboxylic acids is 1. The second-order valence-corrected chi connectivity index (χ2v) is 6.83. The van der Waals surface area contributed by atoms with Crippen LogP contribution in [0.2, 0.25) is 0 Å². The third kappa shape index (κ3) is 2.46. The van der Waals surface area contributed by atoms with Gasteiger partial charge in [-0.2, -0.15) is 0 Å². The second-order valence-electron chi connectivity index (χ2n) is 6.83. The van der Waals surface area contributed by atoms with Crippen molar-refractivity contribution in [1.82, 2.24) is 9.88 Å². The molecule has 0 unspecified atom stereocenters. The molecule has 7 nitrogen and oxygen atoms in total. The zero-order valence-electron chi connectivity index (χ0n) is 14.4. The number of aromatic nitrogens is 1. The molecule has 0 radical (unpaired) electrons. The minimum Gasteiger partial charge on any atom is -0.505 e. The number of nitrogens with zero attached hydrogens (tertiary/aromatic N) is 1. The average molecular weight is 366 g/mol. The smallest absolute Gasteiger partial charge is 0.322 e. The number of aliphatic hydroxyl groups excluding tert-OH is 1. The predicted molar refractivity (Wildman–Crippen MR) is 96.9 cm³/mol. The van der Waals surface area contributed by atoms with Crippen LogP contribution in [-0.4, -0.2) is 39.0 Å². The summed E-state index contributed by atoms with van der Waals surface area (Å²) in [5.41, 5.74) is 0.743. The molecule has 1 fully saturated rings. The Hall–Kier alpha value is -3.35. The first-order chi connectivity index (χ1) is 13.0. The maximum Gasteiger partial charge on any atom is 0.322 e. The molecule has 4 rings (SSSR count). The largest absolute Gasteiger partial charge is 0.505 e. The molecule has 1 amide bonds. The Morgan fingerprint density at radius 2 is 1.85 bits per heavy atom. The number of nitrogens with one attached hydrogen (secondary N) is 1. The van der Waals surface area contributed by atoms with E-state index in [4.69, 9.17) is 5.11 Å². The lowest BCUT2D eigenvalue weighted by molar-refractivity contribution is -0.138. The van der Waals surface area contributed by atoms with Gasteiger partial charge in [-0.15, -0.1) is 0 Å². The molecule has 1 saturated carbocycles. The fourth-order valence-corrected chi connectivity index (χ4v) is 3.88. The SMILES string of the molecule is O=C(O)CNC(=O)C1=C(O)c2c(-c3ccccc3)ccn2C2(CCC2)C1=O. The minimum absolute atomic E-state index is 0.362. The van der Waals surface area contributed by atoms with Crippen LogP contribution in [0.15, 0.2) is 48.2 Å². The number of aliphatic hydroxyl groups is 1. The van der Waals surface area contributed by atoms with Gasteiger partial charge in [0, 0.05) is 11.8 Å². The van der Waals surface area contributed by atoms with Gasteiger partial charge in [-0.3, -0.25) is 14.4 Å². The van der Waals surface area contributed by atoms with Crippen molar-refractivity contribution >= 4 is 23.4 Å². The first-order valence-electron chi connectivity index (χ1n) is 8.71. The maximum atomic E-state index is 13.1. The van der Waals surface area contributed by atoms with Gasteiger partial charge in [-0.1, -0.05) is 30.3 Å². The number of hydrogen-bond donors (Lipinski definition) is 3. The van der Waals surface area contributed by atoms with Crippen LogP contribution in [0.25, 0.3) is 16.9 Å². The van der Waals surface area contributed by atoms with E-state index in [1.807, 2.05) is 36.4 Å². The highest BCUT2D eigenvalue weighted by atomic mass is 16.4. The van der Waals surface area contributed by atoms with E-state index in [1.54, 1.807) is 10.8 Å². The molecular weight excluding hydrogens is 348 g/mol. The van der Waals surface area contributed by atoms with E-state index in [0.29, 0.717) is 18.5 Å². The van der Waals surface area contributed by atoms with Crippen LogP contribution in [0.4, 0.5) is 0 Å². The molecule has 0 atom stereocenters. The number of aliphatic carboxylic acids is 1. The third-order valence-electron chi connectivity index (χ3n) is 5.35. The molecule has 27 heavy (non-hydrogen) atoms. The van der Waals surface area contributed by atoms with Crippen molar-refractivity contribution in [3.63, 3.8) is 0 Å². The van der Waals surface area contributed by atoms with Crippen molar-refractivity contribution in [1.29, 1.82) is 0 Å². The average Bonchev–Trinajstić information content (AvgIpc) is 3.05. The number of benzene rings is 1. The fraction of sp³-hybridized carbons (Fsp3) is 0.250. The van der Waals surface area contributed by atoms with Gasteiger partial charge in [0.2, 0.25) is 0 Å². The molecule has 7 heteroatoms. The molecule has 2 aliphatic rings. The Kier molecular flexibility index (Phi) is 3.87. The summed E-state index contributed by atoms with van der Waals surface area (Å²) in [7, 11) is 0. The second kappa shape index (κ2) is 6.12. The number of amides is 1. The van der Waals surface area contributed by atoms with Gasteiger partial charge < -0.3 is 20.1 Å². The van der Waals surface area contributed by atoms with Gasteiger partial charge in [0.05, 0.1) is 5.69 Å². The van der Waals surface area contributed by atoms with E-state index in [2.05, 4.69) is 5.32 Å². The van der Waals surface area contributed by atoms with Gasteiger partial charge in [0.25, 0.3) is 5.91 Å². The van der Waals surface area contributed by atoms with Gasteiger partial charge >= 0.3 is 5.97 Å². The Balaban J connectivity index is 1.88. The lowest BCUT2D eigenvalue weighted by Crippen LogP contribution is -2.53. The number of rotatable bonds is 4. The van der Waals surface area contributed by atoms with Crippen LogP contribution in [-0.2, 0) is 19.9 Å². The summed E-state index contributed by atoms with van der Waals surface area (Å²) in [5, 5.41) is 21.8. The van der Waals surface area contributed by atoms with Crippen molar-refractivity contribution in [3.8, 4) is 11.1 Å². The molecule has 138 valence electrons. The van der Waals surface area contributed by atoms with Crippen molar-refractivity contribution < 1.29 is 24.6 Å². The molecule has 2 heterocycles. The molecule has 3 N–H and O–H groups in total. The third-order valence-corrected chi connectivity index (χ3v) is 5.35. The lowest BCUT2D eigenvalue weighted by Gasteiger charge is -2.45. The topological polar surface area (TPSA) is 109 Å². The monoisotopic (exact) mass is 366 g/mol. The number of carbonyl (C=O) groups is 3. The molecule has 0 saturated heterocycles. The molecule has 1 aromatic carbocycles. The highest BCUT2D eigenvalue weighted by molar-refractivity contribution is 6.27. The normalized spacial score (nSPS) is 17.4. The minimum atomic E-state index is -1.22.